The van der Waals surface area contributed by atoms with E-state index in [9.17, 15) is 4.79 Å². The van der Waals surface area contributed by atoms with Crippen LogP contribution >= 0.6 is 0 Å². The molecule has 0 fully saturated rings. The third-order valence-electron chi connectivity index (χ3n) is 4.48. The molecule has 0 N–H and O–H groups in total. The zero-order valence-corrected chi connectivity index (χ0v) is 12.4. The first kappa shape index (κ1) is 14.0. The molecule has 0 radical (unpaired) electrons. The van der Waals surface area contributed by atoms with Crippen LogP contribution < -0.4 is 0 Å². The van der Waals surface area contributed by atoms with Crippen LogP contribution in [0.1, 0.15) is 62.0 Å². The number of benzene rings is 1. The molecule has 0 aromatic heterocycles. The van der Waals surface area contributed by atoms with Gasteiger partial charge >= 0.3 is 0 Å². The second kappa shape index (κ2) is 5.28. The van der Waals surface area contributed by atoms with Crippen molar-refractivity contribution in [1.29, 1.82) is 0 Å². The maximum absolute atomic E-state index is 11.1. The molecule has 0 amide bonds. The van der Waals surface area contributed by atoms with Gasteiger partial charge in [-0.1, -0.05) is 39.8 Å². The molecule has 1 heterocycles. The summed E-state index contributed by atoms with van der Waals surface area (Å²) in [4.78, 5) is 15.9. The maximum Gasteiger partial charge on any atom is 0.150 e. The third kappa shape index (κ3) is 2.24. The van der Waals surface area contributed by atoms with Crippen molar-refractivity contribution in [2.45, 2.75) is 46.0 Å². The number of carbonyl (C=O) groups excluding carboxylic acids is 1. The summed E-state index contributed by atoms with van der Waals surface area (Å²) in [7, 11) is 0. The summed E-state index contributed by atoms with van der Waals surface area (Å²) < 4.78 is 0. The molecule has 1 aliphatic rings. The van der Waals surface area contributed by atoms with Gasteiger partial charge in [-0.05, 0) is 36.0 Å². The van der Waals surface area contributed by atoms with Crippen LogP contribution in [0.3, 0.4) is 0 Å². The first-order chi connectivity index (χ1) is 9.07. The SMILES string of the molecule is CCC1(CC)CN=C(C(C)C)c2ccc(C=O)cc21. The van der Waals surface area contributed by atoms with Crippen LogP contribution in [0, 0.1) is 5.92 Å². The van der Waals surface area contributed by atoms with E-state index in [2.05, 4.69) is 39.8 Å². The van der Waals surface area contributed by atoms with Gasteiger partial charge in [-0.25, -0.2) is 0 Å². The highest BCUT2D eigenvalue weighted by molar-refractivity contribution is 6.04. The largest absolute Gasteiger partial charge is 0.298 e. The average molecular weight is 257 g/mol. The molecular formula is C17H23NO. The summed E-state index contributed by atoms with van der Waals surface area (Å²) in [6, 6.07) is 6.06. The molecular weight excluding hydrogens is 234 g/mol. The fraction of sp³-hybridized carbons (Fsp3) is 0.529. The van der Waals surface area contributed by atoms with Crippen molar-refractivity contribution >= 4 is 12.0 Å². The molecule has 1 aliphatic heterocycles. The van der Waals surface area contributed by atoms with E-state index in [1.807, 2.05) is 6.07 Å². The lowest BCUT2D eigenvalue weighted by atomic mass is 9.70. The summed E-state index contributed by atoms with van der Waals surface area (Å²) in [5, 5.41) is 0. The first-order valence-electron chi connectivity index (χ1n) is 7.22. The standard InChI is InChI=1S/C17H23NO/c1-5-17(6-2)11-18-16(12(3)4)14-8-7-13(10-19)9-15(14)17/h7-10,12H,5-6,11H2,1-4H3. The summed E-state index contributed by atoms with van der Waals surface area (Å²) >= 11 is 0. The summed E-state index contributed by atoms with van der Waals surface area (Å²) in [6.07, 6.45) is 3.07. The lowest BCUT2D eigenvalue weighted by molar-refractivity contribution is 0.112. The minimum Gasteiger partial charge on any atom is -0.298 e. The molecule has 2 heteroatoms. The van der Waals surface area contributed by atoms with Crippen LogP contribution in [-0.2, 0) is 5.41 Å². The number of fused-ring (bicyclic) bond motifs is 1. The Hall–Kier alpha value is -1.44. The second-order valence-electron chi connectivity index (χ2n) is 5.77. The van der Waals surface area contributed by atoms with Gasteiger partial charge in [-0.3, -0.25) is 9.79 Å². The molecule has 1 aromatic carbocycles. The van der Waals surface area contributed by atoms with Gasteiger partial charge in [0, 0.05) is 23.2 Å². The highest BCUT2D eigenvalue weighted by Gasteiger charge is 2.35. The Morgan fingerprint density at radius 3 is 2.53 bits per heavy atom. The minimum absolute atomic E-state index is 0.104. The van der Waals surface area contributed by atoms with Crippen LogP contribution in [0.4, 0.5) is 0 Å². The quantitative estimate of drug-likeness (QED) is 0.749. The number of hydrogen-bond donors (Lipinski definition) is 0. The molecule has 0 unspecified atom stereocenters. The summed E-state index contributed by atoms with van der Waals surface area (Å²) in [5.41, 5.74) is 4.63. The van der Waals surface area contributed by atoms with Gasteiger partial charge in [0.25, 0.3) is 0 Å². The zero-order valence-electron chi connectivity index (χ0n) is 12.4. The predicted octanol–water partition coefficient (Wildman–Crippen LogP) is 4.02. The minimum atomic E-state index is 0.104. The van der Waals surface area contributed by atoms with Crippen molar-refractivity contribution < 1.29 is 4.79 Å². The van der Waals surface area contributed by atoms with Crippen molar-refractivity contribution in [2.75, 3.05) is 6.54 Å². The third-order valence-corrected chi connectivity index (χ3v) is 4.48. The van der Waals surface area contributed by atoms with Gasteiger partial charge in [0.1, 0.15) is 6.29 Å². The lowest BCUT2D eigenvalue weighted by Gasteiger charge is -2.37. The fourth-order valence-corrected chi connectivity index (χ4v) is 3.05. The predicted molar refractivity (Wildman–Crippen MR) is 80.3 cm³/mol. The molecule has 1 aromatic rings. The highest BCUT2D eigenvalue weighted by atomic mass is 16.1. The van der Waals surface area contributed by atoms with Gasteiger partial charge in [-0.2, -0.15) is 0 Å². The summed E-state index contributed by atoms with van der Waals surface area (Å²) in [6.45, 7) is 9.65. The van der Waals surface area contributed by atoms with Gasteiger partial charge < -0.3 is 0 Å². The molecule has 0 aliphatic carbocycles. The smallest absolute Gasteiger partial charge is 0.150 e. The number of hydrogen-bond acceptors (Lipinski definition) is 2. The van der Waals surface area contributed by atoms with E-state index in [0.717, 1.165) is 31.2 Å². The van der Waals surface area contributed by atoms with Crippen LogP contribution in [0.2, 0.25) is 0 Å². The summed E-state index contributed by atoms with van der Waals surface area (Å²) in [5.74, 6) is 0.424. The van der Waals surface area contributed by atoms with E-state index in [1.165, 1.54) is 16.8 Å². The molecule has 0 spiro atoms. The number of aliphatic imine (C=N–C) groups is 1. The molecule has 0 bridgehead atoms. The van der Waals surface area contributed by atoms with Gasteiger partial charge in [0.2, 0.25) is 0 Å². The van der Waals surface area contributed by atoms with Crippen LogP contribution in [0.25, 0.3) is 0 Å². The Balaban J connectivity index is 2.65. The van der Waals surface area contributed by atoms with Crippen molar-refractivity contribution in [3.05, 3.63) is 34.9 Å². The van der Waals surface area contributed by atoms with Crippen molar-refractivity contribution in [1.82, 2.24) is 0 Å². The molecule has 0 atom stereocenters. The molecule has 0 saturated heterocycles. The average Bonchev–Trinajstić information content (AvgIpc) is 2.45. The monoisotopic (exact) mass is 257 g/mol. The molecule has 2 nitrogen and oxygen atoms in total. The molecule has 102 valence electrons. The molecule has 2 rings (SSSR count). The van der Waals surface area contributed by atoms with Crippen molar-refractivity contribution in [3.8, 4) is 0 Å². The van der Waals surface area contributed by atoms with E-state index in [4.69, 9.17) is 4.99 Å². The van der Waals surface area contributed by atoms with Crippen molar-refractivity contribution in [3.63, 3.8) is 0 Å². The Morgan fingerprint density at radius 1 is 1.32 bits per heavy atom. The van der Waals surface area contributed by atoms with E-state index in [-0.39, 0.29) is 5.41 Å². The Morgan fingerprint density at radius 2 is 2.00 bits per heavy atom. The Kier molecular flexibility index (Phi) is 3.88. The van der Waals surface area contributed by atoms with Crippen LogP contribution in [0.15, 0.2) is 23.2 Å². The van der Waals surface area contributed by atoms with E-state index in [1.54, 1.807) is 0 Å². The number of carbonyl (C=O) groups is 1. The van der Waals surface area contributed by atoms with E-state index >= 15 is 0 Å². The van der Waals surface area contributed by atoms with Gasteiger partial charge in [0.05, 0.1) is 0 Å². The molecule has 0 saturated carbocycles. The highest BCUT2D eigenvalue weighted by Crippen LogP contribution is 2.39. The fourth-order valence-electron chi connectivity index (χ4n) is 3.05. The van der Waals surface area contributed by atoms with Gasteiger partial charge in [0.15, 0.2) is 0 Å². The zero-order chi connectivity index (χ0) is 14.0. The van der Waals surface area contributed by atoms with E-state index < -0.39 is 0 Å². The normalized spacial score (nSPS) is 17.0. The number of rotatable bonds is 4. The Bertz CT molecular complexity index is 510. The first-order valence-corrected chi connectivity index (χ1v) is 7.22. The Labute approximate surface area is 115 Å². The maximum atomic E-state index is 11.1. The lowest BCUT2D eigenvalue weighted by Crippen LogP contribution is -2.35. The molecule has 19 heavy (non-hydrogen) atoms. The van der Waals surface area contributed by atoms with Crippen LogP contribution in [-0.4, -0.2) is 18.5 Å². The topological polar surface area (TPSA) is 29.4 Å². The van der Waals surface area contributed by atoms with Gasteiger partial charge in [-0.15, -0.1) is 0 Å². The number of aldehydes is 1. The number of nitrogens with zero attached hydrogens (tertiary/aromatic N) is 1. The van der Waals surface area contributed by atoms with Crippen molar-refractivity contribution in [2.24, 2.45) is 10.9 Å². The van der Waals surface area contributed by atoms with E-state index in [0.29, 0.717) is 5.92 Å². The second-order valence-corrected chi connectivity index (χ2v) is 5.77. The van der Waals surface area contributed by atoms with Crippen LogP contribution in [0.5, 0.6) is 0 Å².